The number of nitriles is 1. The van der Waals surface area contributed by atoms with Gasteiger partial charge in [0.2, 0.25) is 0 Å². The van der Waals surface area contributed by atoms with Crippen LogP contribution < -0.4 is 4.74 Å². The summed E-state index contributed by atoms with van der Waals surface area (Å²) in [6.45, 7) is 0. The van der Waals surface area contributed by atoms with E-state index in [9.17, 15) is 0 Å². The van der Waals surface area contributed by atoms with Gasteiger partial charge in [0, 0.05) is 23.2 Å². The summed E-state index contributed by atoms with van der Waals surface area (Å²) in [5.41, 5.74) is 0.552. The fourth-order valence-electron chi connectivity index (χ4n) is 1.96. The van der Waals surface area contributed by atoms with Crippen LogP contribution in [0, 0.1) is 11.3 Å². The van der Waals surface area contributed by atoms with Crippen molar-refractivity contribution < 1.29 is 4.74 Å². The molecule has 90 valence electrons. The average Bonchev–Trinajstić information content (AvgIpc) is 2.48. The van der Waals surface area contributed by atoms with Gasteiger partial charge in [-0.1, -0.05) is 30.3 Å². The molecule has 0 unspecified atom stereocenters. The van der Waals surface area contributed by atoms with Gasteiger partial charge in [-0.25, -0.2) is 0 Å². The number of aromatic nitrogens is 1. The van der Waals surface area contributed by atoms with Gasteiger partial charge in [0.1, 0.15) is 17.6 Å². The van der Waals surface area contributed by atoms with Gasteiger partial charge in [-0.3, -0.25) is 4.98 Å². The molecule has 0 fully saturated rings. The Morgan fingerprint density at radius 2 is 1.74 bits per heavy atom. The van der Waals surface area contributed by atoms with Gasteiger partial charge in [0.15, 0.2) is 0 Å². The standard InChI is InChI=1S/C16H10N2O/c17-9-12-10-18-11-15-14(12)7-4-8-16(15)19-13-5-2-1-3-6-13/h1-8,10-11H. The zero-order valence-corrected chi connectivity index (χ0v) is 10.1. The van der Waals surface area contributed by atoms with Crippen LogP contribution in [0.2, 0.25) is 0 Å². The molecule has 0 aliphatic carbocycles. The van der Waals surface area contributed by atoms with Crippen molar-refractivity contribution in [3.05, 3.63) is 66.5 Å². The second-order valence-electron chi connectivity index (χ2n) is 4.07. The number of nitrogens with zero attached hydrogens (tertiary/aromatic N) is 2. The van der Waals surface area contributed by atoms with E-state index >= 15 is 0 Å². The van der Waals surface area contributed by atoms with E-state index in [2.05, 4.69) is 11.1 Å². The average molecular weight is 246 g/mol. The Kier molecular flexibility index (Phi) is 2.83. The fourth-order valence-corrected chi connectivity index (χ4v) is 1.96. The fraction of sp³-hybridized carbons (Fsp3) is 0. The van der Waals surface area contributed by atoms with E-state index in [0.29, 0.717) is 11.3 Å². The third-order valence-electron chi connectivity index (χ3n) is 2.86. The molecule has 1 aromatic heterocycles. The van der Waals surface area contributed by atoms with Crippen molar-refractivity contribution in [3.63, 3.8) is 0 Å². The lowest BCUT2D eigenvalue weighted by Crippen LogP contribution is -1.88. The summed E-state index contributed by atoms with van der Waals surface area (Å²) in [6.07, 6.45) is 3.28. The molecule has 3 heteroatoms. The van der Waals surface area contributed by atoms with Gasteiger partial charge >= 0.3 is 0 Å². The molecule has 3 aromatic rings. The van der Waals surface area contributed by atoms with E-state index in [-0.39, 0.29) is 0 Å². The largest absolute Gasteiger partial charge is 0.457 e. The monoisotopic (exact) mass is 246 g/mol. The summed E-state index contributed by atoms with van der Waals surface area (Å²) >= 11 is 0. The lowest BCUT2D eigenvalue weighted by molar-refractivity contribution is 0.488. The maximum absolute atomic E-state index is 9.09. The first-order valence-electron chi connectivity index (χ1n) is 5.88. The number of pyridine rings is 1. The first-order valence-corrected chi connectivity index (χ1v) is 5.88. The van der Waals surface area contributed by atoms with Crippen LogP contribution in [0.4, 0.5) is 0 Å². The third kappa shape index (κ3) is 2.12. The number of rotatable bonds is 2. The normalized spacial score (nSPS) is 10.1. The molecule has 0 spiro atoms. The maximum Gasteiger partial charge on any atom is 0.136 e. The molecule has 0 saturated carbocycles. The van der Waals surface area contributed by atoms with E-state index in [1.807, 2.05) is 48.5 Å². The molecule has 0 aliphatic heterocycles. The summed E-state index contributed by atoms with van der Waals surface area (Å²) in [4.78, 5) is 4.08. The van der Waals surface area contributed by atoms with Crippen LogP contribution in [-0.4, -0.2) is 4.98 Å². The summed E-state index contributed by atoms with van der Waals surface area (Å²) in [5.74, 6) is 1.46. The Hall–Kier alpha value is -2.86. The van der Waals surface area contributed by atoms with Gasteiger partial charge in [-0.05, 0) is 18.2 Å². The molecule has 0 atom stereocenters. The molecule has 19 heavy (non-hydrogen) atoms. The molecule has 0 bridgehead atoms. The number of hydrogen-bond acceptors (Lipinski definition) is 3. The van der Waals surface area contributed by atoms with E-state index in [1.165, 1.54) is 0 Å². The molecule has 0 N–H and O–H groups in total. The third-order valence-corrected chi connectivity index (χ3v) is 2.86. The Bertz CT molecular complexity index is 761. The molecule has 0 aliphatic rings. The maximum atomic E-state index is 9.09. The predicted molar refractivity (Wildman–Crippen MR) is 73.0 cm³/mol. The van der Waals surface area contributed by atoms with Gasteiger partial charge in [0.05, 0.1) is 5.56 Å². The summed E-state index contributed by atoms with van der Waals surface area (Å²) in [5, 5.41) is 10.8. The van der Waals surface area contributed by atoms with Crippen LogP contribution in [0.1, 0.15) is 5.56 Å². The highest BCUT2D eigenvalue weighted by Crippen LogP contribution is 2.30. The molecule has 0 saturated heterocycles. The van der Waals surface area contributed by atoms with Crippen molar-refractivity contribution in [2.75, 3.05) is 0 Å². The Morgan fingerprint density at radius 1 is 0.895 bits per heavy atom. The van der Waals surface area contributed by atoms with Crippen LogP contribution in [0.3, 0.4) is 0 Å². The van der Waals surface area contributed by atoms with Gasteiger partial charge in [-0.15, -0.1) is 0 Å². The molecule has 3 rings (SSSR count). The lowest BCUT2D eigenvalue weighted by Gasteiger charge is -2.08. The number of fused-ring (bicyclic) bond motifs is 1. The van der Waals surface area contributed by atoms with Crippen molar-refractivity contribution in [1.29, 1.82) is 5.26 Å². The van der Waals surface area contributed by atoms with Crippen LogP contribution in [0.5, 0.6) is 11.5 Å². The van der Waals surface area contributed by atoms with E-state index in [0.717, 1.165) is 16.5 Å². The summed E-state index contributed by atoms with van der Waals surface area (Å²) in [7, 11) is 0. The van der Waals surface area contributed by atoms with Crippen LogP contribution >= 0.6 is 0 Å². The minimum absolute atomic E-state index is 0.552. The van der Waals surface area contributed by atoms with Crippen LogP contribution in [0.15, 0.2) is 60.9 Å². The van der Waals surface area contributed by atoms with Gasteiger partial charge in [-0.2, -0.15) is 5.26 Å². The SMILES string of the molecule is N#Cc1cncc2c(Oc3ccccc3)cccc12. The highest BCUT2D eigenvalue weighted by Gasteiger charge is 2.06. The van der Waals surface area contributed by atoms with E-state index in [1.54, 1.807) is 12.4 Å². The van der Waals surface area contributed by atoms with E-state index in [4.69, 9.17) is 10.00 Å². The molecular weight excluding hydrogens is 236 g/mol. The van der Waals surface area contributed by atoms with Gasteiger partial charge < -0.3 is 4.74 Å². The lowest BCUT2D eigenvalue weighted by atomic mass is 10.1. The number of ether oxygens (including phenoxy) is 1. The van der Waals surface area contributed by atoms with Crippen molar-refractivity contribution >= 4 is 10.8 Å². The highest BCUT2D eigenvalue weighted by molar-refractivity contribution is 5.91. The molecule has 0 radical (unpaired) electrons. The second kappa shape index (κ2) is 4.79. The first-order chi connectivity index (χ1) is 9.38. The smallest absolute Gasteiger partial charge is 0.136 e. The Labute approximate surface area is 110 Å². The molecule has 3 nitrogen and oxygen atoms in total. The molecule has 0 amide bonds. The van der Waals surface area contributed by atoms with E-state index < -0.39 is 0 Å². The van der Waals surface area contributed by atoms with Crippen molar-refractivity contribution in [2.45, 2.75) is 0 Å². The number of hydrogen-bond donors (Lipinski definition) is 0. The molecule has 1 heterocycles. The molecule has 2 aromatic carbocycles. The predicted octanol–water partition coefficient (Wildman–Crippen LogP) is 3.90. The van der Waals surface area contributed by atoms with Gasteiger partial charge in [0.25, 0.3) is 0 Å². The van der Waals surface area contributed by atoms with Crippen molar-refractivity contribution in [3.8, 4) is 17.6 Å². The topological polar surface area (TPSA) is 45.9 Å². The number of para-hydroxylation sites is 1. The van der Waals surface area contributed by atoms with Crippen LogP contribution in [0.25, 0.3) is 10.8 Å². The Balaban J connectivity index is 2.13. The summed E-state index contributed by atoms with van der Waals surface area (Å²) in [6, 6.07) is 17.3. The zero-order chi connectivity index (χ0) is 13.1. The minimum Gasteiger partial charge on any atom is -0.457 e. The molecular formula is C16H10N2O. The van der Waals surface area contributed by atoms with Crippen molar-refractivity contribution in [2.24, 2.45) is 0 Å². The Morgan fingerprint density at radius 3 is 2.53 bits per heavy atom. The number of benzene rings is 2. The minimum atomic E-state index is 0.552. The van der Waals surface area contributed by atoms with Crippen molar-refractivity contribution in [1.82, 2.24) is 4.98 Å². The zero-order valence-electron chi connectivity index (χ0n) is 10.1. The first kappa shape index (κ1) is 11.2. The summed E-state index contributed by atoms with van der Waals surface area (Å²) < 4.78 is 5.84. The quantitative estimate of drug-likeness (QED) is 0.688. The van der Waals surface area contributed by atoms with Crippen LogP contribution in [-0.2, 0) is 0 Å². The highest BCUT2D eigenvalue weighted by atomic mass is 16.5. The second-order valence-corrected chi connectivity index (χ2v) is 4.07.